The zero-order chi connectivity index (χ0) is 18.8. The Bertz CT molecular complexity index is 916. The lowest BCUT2D eigenvalue weighted by Gasteiger charge is -2.31. The number of hydrogen-bond acceptors (Lipinski definition) is 3. The van der Waals surface area contributed by atoms with E-state index in [0.717, 1.165) is 29.7 Å². The Morgan fingerprint density at radius 1 is 1.15 bits per heavy atom. The SMILES string of the molecule is O=C(c1cccc(OC(F)F)c1)N1CCC(c2nc3ccccc3[nH]2)CC1. The number of H-pyrrole nitrogens is 1. The maximum absolute atomic E-state index is 12.7. The van der Waals surface area contributed by atoms with Gasteiger partial charge in [0.1, 0.15) is 11.6 Å². The molecule has 7 heteroatoms. The zero-order valence-corrected chi connectivity index (χ0v) is 14.6. The summed E-state index contributed by atoms with van der Waals surface area (Å²) in [5.41, 5.74) is 2.32. The molecule has 0 unspecified atom stereocenters. The van der Waals surface area contributed by atoms with Crippen LogP contribution in [0.25, 0.3) is 11.0 Å². The molecule has 2 heterocycles. The number of carbonyl (C=O) groups excluding carboxylic acids is 1. The fourth-order valence-electron chi connectivity index (χ4n) is 3.51. The molecule has 1 saturated heterocycles. The molecule has 140 valence electrons. The van der Waals surface area contributed by atoms with Gasteiger partial charge < -0.3 is 14.6 Å². The highest BCUT2D eigenvalue weighted by molar-refractivity contribution is 5.94. The van der Waals surface area contributed by atoms with Crippen LogP contribution in [0, 0.1) is 0 Å². The lowest BCUT2D eigenvalue weighted by Crippen LogP contribution is -2.38. The number of rotatable bonds is 4. The maximum atomic E-state index is 12.7. The second-order valence-electron chi connectivity index (χ2n) is 6.61. The van der Waals surface area contributed by atoms with Gasteiger partial charge in [0, 0.05) is 24.6 Å². The van der Waals surface area contributed by atoms with Gasteiger partial charge in [-0.25, -0.2) is 4.98 Å². The molecule has 5 nitrogen and oxygen atoms in total. The molecule has 0 radical (unpaired) electrons. The Labute approximate surface area is 155 Å². The highest BCUT2D eigenvalue weighted by Gasteiger charge is 2.26. The van der Waals surface area contributed by atoms with Crippen molar-refractivity contribution in [3.63, 3.8) is 0 Å². The number of ether oxygens (including phenoxy) is 1. The molecule has 3 aromatic rings. The van der Waals surface area contributed by atoms with Crippen molar-refractivity contribution in [1.29, 1.82) is 0 Å². The molecular formula is C20H19F2N3O2. The fraction of sp³-hybridized carbons (Fsp3) is 0.300. The van der Waals surface area contributed by atoms with E-state index in [1.807, 2.05) is 24.3 Å². The molecule has 1 aliphatic heterocycles. The summed E-state index contributed by atoms with van der Waals surface area (Å²) in [4.78, 5) is 22.5. The number of likely N-dealkylation sites (tertiary alicyclic amines) is 1. The van der Waals surface area contributed by atoms with Crippen LogP contribution in [0.15, 0.2) is 48.5 Å². The van der Waals surface area contributed by atoms with Crippen LogP contribution >= 0.6 is 0 Å². The number of aromatic nitrogens is 2. The van der Waals surface area contributed by atoms with Crippen LogP contribution < -0.4 is 4.74 Å². The third-order valence-electron chi connectivity index (χ3n) is 4.88. The first-order valence-corrected chi connectivity index (χ1v) is 8.89. The molecule has 0 saturated carbocycles. The highest BCUT2D eigenvalue weighted by Crippen LogP contribution is 2.28. The van der Waals surface area contributed by atoms with Crippen molar-refractivity contribution in [2.45, 2.75) is 25.4 Å². The first-order valence-electron chi connectivity index (χ1n) is 8.89. The number of fused-ring (bicyclic) bond motifs is 1. The molecular weight excluding hydrogens is 352 g/mol. The number of carbonyl (C=O) groups is 1. The van der Waals surface area contributed by atoms with Gasteiger partial charge in [-0.2, -0.15) is 8.78 Å². The van der Waals surface area contributed by atoms with Gasteiger partial charge in [0.25, 0.3) is 5.91 Å². The Morgan fingerprint density at radius 3 is 2.67 bits per heavy atom. The first-order chi connectivity index (χ1) is 13.1. The Hall–Kier alpha value is -2.96. The van der Waals surface area contributed by atoms with Gasteiger partial charge in [0.15, 0.2) is 0 Å². The van der Waals surface area contributed by atoms with Gasteiger partial charge in [0.05, 0.1) is 11.0 Å². The monoisotopic (exact) mass is 371 g/mol. The van der Waals surface area contributed by atoms with E-state index in [1.54, 1.807) is 17.0 Å². The van der Waals surface area contributed by atoms with Crippen molar-refractivity contribution < 1.29 is 18.3 Å². The van der Waals surface area contributed by atoms with E-state index in [1.165, 1.54) is 12.1 Å². The maximum Gasteiger partial charge on any atom is 0.387 e. The molecule has 1 N–H and O–H groups in total. The smallest absolute Gasteiger partial charge is 0.387 e. The average molecular weight is 371 g/mol. The van der Waals surface area contributed by atoms with Gasteiger partial charge in [-0.05, 0) is 43.2 Å². The summed E-state index contributed by atoms with van der Waals surface area (Å²) in [5.74, 6) is 1.05. The van der Waals surface area contributed by atoms with Crippen molar-refractivity contribution in [3.05, 3.63) is 59.9 Å². The molecule has 0 spiro atoms. The summed E-state index contributed by atoms with van der Waals surface area (Å²) in [7, 11) is 0. The Balaban J connectivity index is 1.42. The number of amides is 1. The number of para-hydroxylation sites is 2. The van der Waals surface area contributed by atoms with Crippen LogP contribution in [-0.2, 0) is 0 Å². The minimum atomic E-state index is -2.91. The summed E-state index contributed by atoms with van der Waals surface area (Å²) in [5, 5.41) is 0. The Morgan fingerprint density at radius 2 is 1.93 bits per heavy atom. The quantitative estimate of drug-likeness (QED) is 0.748. The minimum Gasteiger partial charge on any atom is -0.435 e. The average Bonchev–Trinajstić information content (AvgIpc) is 3.11. The molecule has 0 aliphatic carbocycles. The minimum absolute atomic E-state index is 0.00647. The summed E-state index contributed by atoms with van der Waals surface area (Å²) in [6.45, 7) is -1.71. The number of benzene rings is 2. The van der Waals surface area contributed by atoms with Crippen LogP contribution in [0.3, 0.4) is 0 Å². The van der Waals surface area contributed by atoms with Crippen LogP contribution in [-0.4, -0.2) is 40.5 Å². The second kappa shape index (κ2) is 7.34. The van der Waals surface area contributed by atoms with E-state index >= 15 is 0 Å². The van der Waals surface area contributed by atoms with E-state index in [-0.39, 0.29) is 17.6 Å². The number of imidazole rings is 1. The summed E-state index contributed by atoms with van der Waals surface area (Å²) in [6.07, 6.45) is 1.61. The predicted molar refractivity (Wildman–Crippen MR) is 97.0 cm³/mol. The number of nitrogens with zero attached hydrogens (tertiary/aromatic N) is 2. The Kier molecular flexibility index (Phi) is 4.75. The lowest BCUT2D eigenvalue weighted by atomic mass is 9.95. The number of halogens is 2. The van der Waals surface area contributed by atoms with Crippen molar-refractivity contribution in [2.24, 2.45) is 0 Å². The second-order valence-corrected chi connectivity index (χ2v) is 6.61. The molecule has 1 fully saturated rings. The summed E-state index contributed by atoms with van der Waals surface area (Å²) < 4.78 is 29.1. The first kappa shape index (κ1) is 17.5. The van der Waals surface area contributed by atoms with E-state index < -0.39 is 6.61 Å². The molecule has 0 atom stereocenters. The van der Waals surface area contributed by atoms with E-state index in [2.05, 4.69) is 14.7 Å². The number of alkyl halides is 2. The number of aromatic amines is 1. The highest BCUT2D eigenvalue weighted by atomic mass is 19.3. The third kappa shape index (κ3) is 3.77. The van der Waals surface area contributed by atoms with Crippen LogP contribution in [0.4, 0.5) is 8.78 Å². The van der Waals surface area contributed by atoms with Crippen molar-refractivity contribution in [2.75, 3.05) is 13.1 Å². The summed E-state index contributed by atoms with van der Waals surface area (Å²) in [6, 6.07) is 13.8. The van der Waals surface area contributed by atoms with Crippen LogP contribution in [0.1, 0.15) is 34.9 Å². The van der Waals surface area contributed by atoms with E-state index in [9.17, 15) is 13.6 Å². The number of piperidine rings is 1. The van der Waals surface area contributed by atoms with Gasteiger partial charge in [0.2, 0.25) is 0 Å². The normalized spacial score (nSPS) is 15.4. The predicted octanol–water partition coefficient (Wildman–Crippen LogP) is 4.18. The molecule has 1 aliphatic rings. The molecule has 27 heavy (non-hydrogen) atoms. The van der Waals surface area contributed by atoms with Gasteiger partial charge in [-0.15, -0.1) is 0 Å². The molecule has 1 amide bonds. The topological polar surface area (TPSA) is 58.2 Å². The third-order valence-corrected chi connectivity index (χ3v) is 4.88. The molecule has 4 rings (SSSR count). The zero-order valence-electron chi connectivity index (χ0n) is 14.6. The molecule has 1 aromatic heterocycles. The van der Waals surface area contributed by atoms with Crippen molar-refractivity contribution >= 4 is 16.9 Å². The van der Waals surface area contributed by atoms with Gasteiger partial charge in [-0.1, -0.05) is 18.2 Å². The van der Waals surface area contributed by atoms with E-state index in [0.29, 0.717) is 18.7 Å². The molecule has 2 aromatic carbocycles. The number of nitrogens with one attached hydrogen (secondary N) is 1. The van der Waals surface area contributed by atoms with Crippen molar-refractivity contribution in [3.8, 4) is 5.75 Å². The number of hydrogen-bond donors (Lipinski definition) is 1. The van der Waals surface area contributed by atoms with E-state index in [4.69, 9.17) is 0 Å². The summed E-state index contributed by atoms with van der Waals surface area (Å²) >= 11 is 0. The van der Waals surface area contributed by atoms with Crippen molar-refractivity contribution in [1.82, 2.24) is 14.9 Å². The van der Waals surface area contributed by atoms with Crippen LogP contribution in [0.5, 0.6) is 5.75 Å². The fourth-order valence-corrected chi connectivity index (χ4v) is 3.51. The van der Waals surface area contributed by atoms with Crippen LogP contribution in [0.2, 0.25) is 0 Å². The largest absolute Gasteiger partial charge is 0.435 e. The lowest BCUT2D eigenvalue weighted by molar-refractivity contribution is -0.0499. The van der Waals surface area contributed by atoms with Gasteiger partial charge in [-0.3, -0.25) is 4.79 Å². The standard InChI is InChI=1S/C20H19F2N3O2/c21-20(22)27-15-5-3-4-14(12-15)19(26)25-10-8-13(9-11-25)18-23-16-6-1-2-7-17(16)24-18/h1-7,12-13,20H,8-11H2,(H,23,24). The van der Waals surface area contributed by atoms with Gasteiger partial charge >= 0.3 is 6.61 Å². The molecule has 0 bridgehead atoms.